The minimum absolute atomic E-state index is 0.500. The molecule has 0 atom stereocenters. The van der Waals surface area contributed by atoms with Crippen LogP contribution in [0.2, 0.25) is 0 Å². The second kappa shape index (κ2) is 6.67. The van der Waals surface area contributed by atoms with Gasteiger partial charge in [0.05, 0.1) is 6.54 Å². The molecular formula is C8H14N4S2. The fourth-order valence-electron chi connectivity index (χ4n) is 0.793. The smallest absolute Gasteiger partial charge is 0.188 e. The zero-order valence-electron chi connectivity index (χ0n) is 8.06. The maximum atomic E-state index is 5.47. The van der Waals surface area contributed by atoms with E-state index < -0.39 is 0 Å². The summed E-state index contributed by atoms with van der Waals surface area (Å²) in [5.74, 6) is 2.44. The van der Waals surface area contributed by atoms with Crippen molar-refractivity contribution in [2.75, 3.05) is 19.3 Å². The van der Waals surface area contributed by atoms with Crippen LogP contribution >= 0.6 is 23.1 Å². The van der Waals surface area contributed by atoms with Crippen LogP contribution in [0.4, 0.5) is 0 Å². The standard InChI is InChI=1S/C8H14N4S2/c1-10-8(9)12-2-4-13-6-7-11-3-5-14-7/h3,5H,2,4,6H2,1H3,(H3,9,10,12). The monoisotopic (exact) mass is 230 g/mol. The molecule has 1 heterocycles. The number of hydrogen-bond acceptors (Lipinski definition) is 4. The highest BCUT2D eigenvalue weighted by atomic mass is 32.2. The van der Waals surface area contributed by atoms with Crippen LogP contribution in [0.1, 0.15) is 5.01 Å². The van der Waals surface area contributed by atoms with Crippen LogP contribution in [0.5, 0.6) is 0 Å². The summed E-state index contributed by atoms with van der Waals surface area (Å²) in [6.45, 7) is 0.753. The van der Waals surface area contributed by atoms with Crippen molar-refractivity contribution in [3.8, 4) is 0 Å². The average molecular weight is 230 g/mol. The van der Waals surface area contributed by atoms with Gasteiger partial charge in [-0.15, -0.1) is 11.3 Å². The van der Waals surface area contributed by atoms with Crippen molar-refractivity contribution in [2.24, 2.45) is 10.7 Å². The maximum Gasteiger partial charge on any atom is 0.188 e. The number of guanidine groups is 1. The summed E-state index contributed by atoms with van der Waals surface area (Å²) in [5, 5.41) is 5.94. The van der Waals surface area contributed by atoms with Crippen LogP contribution in [0.25, 0.3) is 0 Å². The molecule has 1 aromatic rings. The van der Waals surface area contributed by atoms with Crippen molar-refractivity contribution in [1.82, 2.24) is 10.3 Å². The maximum absolute atomic E-state index is 5.47. The van der Waals surface area contributed by atoms with Gasteiger partial charge in [-0.05, 0) is 0 Å². The minimum atomic E-state index is 0.500. The first kappa shape index (κ1) is 11.3. The fraction of sp³-hybridized carbons (Fsp3) is 0.500. The van der Waals surface area contributed by atoms with Crippen molar-refractivity contribution in [3.05, 3.63) is 16.6 Å². The molecule has 1 aromatic heterocycles. The quantitative estimate of drug-likeness (QED) is 0.448. The van der Waals surface area contributed by atoms with Gasteiger partial charge in [-0.2, -0.15) is 11.8 Å². The lowest BCUT2D eigenvalue weighted by molar-refractivity contribution is 1.06. The Morgan fingerprint density at radius 1 is 1.79 bits per heavy atom. The molecular weight excluding hydrogens is 216 g/mol. The highest BCUT2D eigenvalue weighted by Crippen LogP contribution is 2.13. The topological polar surface area (TPSA) is 63.3 Å². The molecule has 1 rings (SSSR count). The largest absolute Gasteiger partial charge is 0.370 e. The number of thioether (sulfide) groups is 1. The summed E-state index contributed by atoms with van der Waals surface area (Å²) in [6, 6.07) is 0. The molecule has 0 bridgehead atoms. The van der Waals surface area contributed by atoms with Crippen LogP contribution in [0.15, 0.2) is 16.6 Å². The van der Waals surface area contributed by atoms with Gasteiger partial charge in [-0.25, -0.2) is 4.98 Å². The summed E-state index contributed by atoms with van der Waals surface area (Å²) >= 11 is 3.51. The molecule has 0 unspecified atom stereocenters. The van der Waals surface area contributed by atoms with E-state index in [0.717, 1.165) is 18.1 Å². The number of thiazole rings is 1. The molecule has 3 N–H and O–H groups in total. The molecule has 14 heavy (non-hydrogen) atoms. The van der Waals surface area contributed by atoms with Gasteiger partial charge < -0.3 is 11.1 Å². The molecule has 0 aliphatic carbocycles. The van der Waals surface area contributed by atoms with Gasteiger partial charge in [0, 0.05) is 30.1 Å². The first-order valence-corrected chi connectivity index (χ1v) is 6.30. The Morgan fingerprint density at radius 3 is 3.29 bits per heavy atom. The predicted octanol–water partition coefficient (Wildman–Crippen LogP) is 0.910. The summed E-state index contributed by atoms with van der Waals surface area (Å²) in [7, 11) is 1.77. The molecule has 0 fully saturated rings. The zero-order valence-corrected chi connectivity index (χ0v) is 9.70. The zero-order chi connectivity index (χ0) is 10.2. The van der Waals surface area contributed by atoms with Crippen LogP contribution in [0, 0.1) is 0 Å². The Hall–Kier alpha value is -0.750. The van der Waals surface area contributed by atoms with Crippen molar-refractivity contribution in [1.29, 1.82) is 0 Å². The first-order valence-electron chi connectivity index (χ1n) is 4.26. The average Bonchev–Trinajstić information content (AvgIpc) is 2.69. The second-order valence-electron chi connectivity index (χ2n) is 2.50. The van der Waals surface area contributed by atoms with Crippen molar-refractivity contribution >= 4 is 29.1 Å². The van der Waals surface area contributed by atoms with Gasteiger partial charge in [-0.1, -0.05) is 0 Å². The molecule has 0 aliphatic heterocycles. The second-order valence-corrected chi connectivity index (χ2v) is 4.58. The van der Waals surface area contributed by atoms with E-state index in [9.17, 15) is 0 Å². The highest BCUT2D eigenvalue weighted by molar-refractivity contribution is 7.98. The van der Waals surface area contributed by atoms with Gasteiger partial charge in [-0.3, -0.25) is 4.99 Å². The first-order chi connectivity index (χ1) is 6.83. The minimum Gasteiger partial charge on any atom is -0.370 e. The Labute approximate surface area is 92.0 Å². The van der Waals surface area contributed by atoms with Crippen LogP contribution in [-0.4, -0.2) is 30.3 Å². The molecule has 0 aromatic carbocycles. The van der Waals surface area contributed by atoms with Gasteiger partial charge in [0.1, 0.15) is 5.01 Å². The lowest BCUT2D eigenvalue weighted by Gasteiger charge is -1.98. The third-order valence-electron chi connectivity index (χ3n) is 1.48. The lowest BCUT2D eigenvalue weighted by atomic mass is 10.8. The van der Waals surface area contributed by atoms with E-state index in [1.165, 1.54) is 5.01 Å². The lowest BCUT2D eigenvalue weighted by Crippen LogP contribution is -2.28. The summed E-state index contributed by atoms with van der Waals surface area (Å²) in [4.78, 5) is 8.30. The van der Waals surface area contributed by atoms with Crippen LogP contribution in [0.3, 0.4) is 0 Å². The van der Waals surface area contributed by atoms with Gasteiger partial charge in [0.25, 0.3) is 0 Å². The predicted molar refractivity (Wildman–Crippen MR) is 63.8 cm³/mol. The van der Waals surface area contributed by atoms with Crippen molar-refractivity contribution in [2.45, 2.75) is 5.75 Å². The molecule has 0 aliphatic rings. The van der Waals surface area contributed by atoms with E-state index in [1.54, 1.807) is 18.4 Å². The van der Waals surface area contributed by atoms with E-state index in [-0.39, 0.29) is 0 Å². The Balaban J connectivity index is 2.05. The van der Waals surface area contributed by atoms with Crippen molar-refractivity contribution in [3.63, 3.8) is 0 Å². The number of rotatable bonds is 5. The summed E-state index contributed by atoms with van der Waals surface area (Å²) in [6.07, 6.45) is 1.83. The van der Waals surface area contributed by atoms with E-state index in [4.69, 9.17) is 5.73 Å². The SMILES string of the molecule is CNC(N)=NCCSCc1nccs1. The number of nitrogens with zero attached hydrogens (tertiary/aromatic N) is 2. The number of hydrogen-bond donors (Lipinski definition) is 2. The number of nitrogens with one attached hydrogen (secondary N) is 1. The number of aliphatic imine (C=N–C) groups is 1. The van der Waals surface area contributed by atoms with E-state index in [1.807, 2.05) is 23.3 Å². The molecule has 0 saturated heterocycles. The molecule has 0 saturated carbocycles. The Kier molecular flexibility index (Phi) is 5.39. The highest BCUT2D eigenvalue weighted by Gasteiger charge is 1.94. The molecule has 0 radical (unpaired) electrons. The Morgan fingerprint density at radius 2 is 2.64 bits per heavy atom. The van der Waals surface area contributed by atoms with E-state index >= 15 is 0 Å². The summed E-state index contributed by atoms with van der Waals surface area (Å²) in [5.41, 5.74) is 5.47. The number of aromatic nitrogens is 1. The van der Waals surface area contributed by atoms with Gasteiger partial charge in [0.2, 0.25) is 0 Å². The third kappa shape index (κ3) is 4.48. The van der Waals surface area contributed by atoms with Crippen LogP contribution < -0.4 is 11.1 Å². The Bertz CT molecular complexity index is 271. The normalized spacial score (nSPS) is 11.6. The molecule has 6 heteroatoms. The van der Waals surface area contributed by atoms with Crippen molar-refractivity contribution < 1.29 is 0 Å². The fourth-order valence-corrected chi connectivity index (χ4v) is 2.33. The molecule has 0 amide bonds. The van der Waals surface area contributed by atoms with Crippen LogP contribution in [-0.2, 0) is 5.75 Å². The third-order valence-corrected chi connectivity index (χ3v) is 3.39. The molecule has 4 nitrogen and oxygen atoms in total. The van der Waals surface area contributed by atoms with Gasteiger partial charge in [0.15, 0.2) is 5.96 Å². The number of nitrogens with two attached hydrogens (primary N) is 1. The molecule has 0 spiro atoms. The van der Waals surface area contributed by atoms with Gasteiger partial charge >= 0.3 is 0 Å². The van der Waals surface area contributed by atoms with E-state index in [2.05, 4.69) is 15.3 Å². The summed E-state index contributed by atoms with van der Waals surface area (Å²) < 4.78 is 0. The molecule has 78 valence electrons. The van der Waals surface area contributed by atoms with E-state index in [0.29, 0.717) is 5.96 Å².